The molecule has 3 aromatic rings. The topological polar surface area (TPSA) is 151 Å². The average Bonchev–Trinajstić information content (AvgIpc) is 3.23. The van der Waals surface area contributed by atoms with Gasteiger partial charge in [-0.1, -0.05) is 32.0 Å². The van der Waals surface area contributed by atoms with Crippen LogP contribution in [0.15, 0.2) is 42.5 Å². The standard InChI is InChI=1S/C30H28N6O4/c1-16(2)21-12-30(21,35-26(37)24-10-19-23(33-24)8-17(13-31)9-25(19)40-3)28(39)36-15-29(11-18(36)14-32)20-6-4-5-7-22(20)34-27(29)38/h4-10,16,18,21,33H,11-12,15H2,1-3H3,(H,34,38)(H,35,37)/t18-,21?,29-,30?/m0/s1. The van der Waals surface area contributed by atoms with E-state index >= 15 is 0 Å². The number of amides is 3. The lowest BCUT2D eigenvalue weighted by Gasteiger charge is -2.29. The molecule has 3 heterocycles. The van der Waals surface area contributed by atoms with Gasteiger partial charge in [-0.3, -0.25) is 14.4 Å². The molecule has 202 valence electrons. The van der Waals surface area contributed by atoms with E-state index in [0.29, 0.717) is 34.3 Å². The molecule has 4 atom stereocenters. The van der Waals surface area contributed by atoms with Gasteiger partial charge in [-0.15, -0.1) is 0 Å². The SMILES string of the molecule is COc1cc(C#N)cc2[nH]c(C(=O)NC3(C(=O)N4C[C@]5(C[C@H]4C#N)C(=O)Nc4ccccc45)CC3C(C)C)cc12. The Kier molecular flexibility index (Phi) is 5.63. The minimum atomic E-state index is -1.19. The average molecular weight is 537 g/mol. The van der Waals surface area contributed by atoms with Gasteiger partial charge in [-0.25, -0.2) is 0 Å². The summed E-state index contributed by atoms with van der Waals surface area (Å²) in [4.78, 5) is 45.6. The summed E-state index contributed by atoms with van der Waals surface area (Å²) in [6, 6.07) is 15.7. The number of carbonyl (C=O) groups is 3. The van der Waals surface area contributed by atoms with Crippen LogP contribution in [0.4, 0.5) is 5.69 Å². The Morgan fingerprint density at radius 1 is 1.18 bits per heavy atom. The molecule has 0 radical (unpaired) electrons. The monoisotopic (exact) mass is 536 g/mol. The number of methoxy groups -OCH3 is 1. The lowest BCUT2D eigenvalue weighted by molar-refractivity contribution is -0.135. The predicted octanol–water partition coefficient (Wildman–Crippen LogP) is 3.21. The van der Waals surface area contributed by atoms with Crippen LogP contribution in [-0.4, -0.2) is 52.8 Å². The summed E-state index contributed by atoms with van der Waals surface area (Å²) in [5, 5.41) is 25.9. The van der Waals surface area contributed by atoms with Crippen molar-refractivity contribution in [3.05, 3.63) is 59.3 Å². The molecule has 3 aliphatic rings. The van der Waals surface area contributed by atoms with E-state index in [4.69, 9.17) is 4.74 Å². The van der Waals surface area contributed by atoms with Crippen LogP contribution in [0.1, 0.15) is 48.3 Å². The third-order valence-electron chi connectivity index (χ3n) is 8.73. The van der Waals surface area contributed by atoms with Gasteiger partial charge in [0.1, 0.15) is 23.0 Å². The number of H-pyrrole nitrogens is 1. The number of nitrogens with one attached hydrogen (secondary N) is 3. The zero-order valence-corrected chi connectivity index (χ0v) is 22.4. The highest BCUT2D eigenvalue weighted by molar-refractivity contribution is 6.08. The molecule has 2 unspecified atom stereocenters. The van der Waals surface area contributed by atoms with Crippen molar-refractivity contribution in [3.63, 3.8) is 0 Å². The molecule has 3 N–H and O–H groups in total. The van der Waals surface area contributed by atoms with E-state index in [2.05, 4.69) is 27.8 Å². The van der Waals surface area contributed by atoms with Gasteiger partial charge < -0.3 is 25.3 Å². The maximum Gasteiger partial charge on any atom is 0.268 e. The third kappa shape index (κ3) is 3.56. The third-order valence-corrected chi connectivity index (χ3v) is 8.73. The summed E-state index contributed by atoms with van der Waals surface area (Å²) >= 11 is 0. The van der Waals surface area contributed by atoms with Crippen LogP contribution in [0.3, 0.4) is 0 Å². The Hall–Kier alpha value is -4.83. The van der Waals surface area contributed by atoms with Crippen LogP contribution in [0.25, 0.3) is 10.9 Å². The first kappa shape index (κ1) is 25.4. The zero-order valence-electron chi connectivity index (χ0n) is 22.4. The van der Waals surface area contributed by atoms with E-state index in [-0.39, 0.29) is 42.3 Å². The molecule has 1 spiro atoms. The highest BCUT2D eigenvalue weighted by Crippen LogP contribution is 2.53. The highest BCUT2D eigenvalue weighted by Gasteiger charge is 2.66. The number of carbonyl (C=O) groups excluding carboxylic acids is 3. The molecular formula is C30H28N6O4. The fraction of sp³-hybridized carbons (Fsp3) is 0.367. The second-order valence-corrected chi connectivity index (χ2v) is 11.3. The van der Waals surface area contributed by atoms with Crippen molar-refractivity contribution in [2.24, 2.45) is 11.8 Å². The molecule has 6 rings (SSSR count). The van der Waals surface area contributed by atoms with E-state index in [1.165, 1.54) is 12.0 Å². The molecule has 40 heavy (non-hydrogen) atoms. The van der Waals surface area contributed by atoms with Gasteiger partial charge in [-0.05, 0) is 48.1 Å². The second-order valence-electron chi connectivity index (χ2n) is 11.3. The maximum absolute atomic E-state index is 14.3. The summed E-state index contributed by atoms with van der Waals surface area (Å²) < 4.78 is 5.41. The van der Waals surface area contributed by atoms with Crippen LogP contribution in [0.2, 0.25) is 0 Å². The van der Waals surface area contributed by atoms with Gasteiger partial charge >= 0.3 is 0 Å². The first-order chi connectivity index (χ1) is 19.2. The van der Waals surface area contributed by atoms with E-state index < -0.39 is 22.9 Å². The maximum atomic E-state index is 14.3. The Labute approximate surface area is 230 Å². The number of anilines is 1. The van der Waals surface area contributed by atoms with E-state index in [1.807, 2.05) is 38.1 Å². The normalized spacial score (nSPS) is 26.4. The number of rotatable bonds is 5. The van der Waals surface area contributed by atoms with Crippen LogP contribution in [0, 0.1) is 34.5 Å². The van der Waals surface area contributed by atoms with Crippen LogP contribution in [-0.2, 0) is 15.0 Å². The number of para-hydroxylation sites is 1. The number of likely N-dealkylation sites (tertiary alicyclic amines) is 1. The zero-order chi connectivity index (χ0) is 28.4. The van der Waals surface area contributed by atoms with Crippen molar-refractivity contribution in [2.75, 3.05) is 19.0 Å². The van der Waals surface area contributed by atoms with Crippen LogP contribution >= 0.6 is 0 Å². The van der Waals surface area contributed by atoms with Gasteiger partial charge in [0, 0.05) is 24.0 Å². The molecule has 1 saturated carbocycles. The van der Waals surface area contributed by atoms with Crippen molar-refractivity contribution in [2.45, 2.75) is 43.7 Å². The second kappa shape index (κ2) is 8.85. The number of aromatic nitrogens is 1. The van der Waals surface area contributed by atoms with Crippen molar-refractivity contribution in [3.8, 4) is 17.9 Å². The van der Waals surface area contributed by atoms with Gasteiger partial charge in [0.15, 0.2) is 0 Å². The smallest absolute Gasteiger partial charge is 0.268 e. The number of benzene rings is 2. The van der Waals surface area contributed by atoms with Crippen LogP contribution in [0.5, 0.6) is 5.75 Å². The molecule has 1 saturated heterocycles. The molecule has 2 aromatic carbocycles. The Morgan fingerprint density at radius 3 is 2.62 bits per heavy atom. The summed E-state index contributed by atoms with van der Waals surface area (Å²) in [6.45, 7) is 4.06. The molecule has 2 aliphatic heterocycles. The minimum absolute atomic E-state index is 0.0653. The minimum Gasteiger partial charge on any atom is -0.496 e. The van der Waals surface area contributed by atoms with Crippen molar-refractivity contribution < 1.29 is 19.1 Å². The quantitative estimate of drug-likeness (QED) is 0.456. The van der Waals surface area contributed by atoms with Crippen molar-refractivity contribution in [1.29, 1.82) is 10.5 Å². The molecule has 1 aliphatic carbocycles. The number of aromatic amines is 1. The lowest BCUT2D eigenvalue weighted by Crippen LogP contribution is -2.54. The summed E-state index contributed by atoms with van der Waals surface area (Å²) in [6.07, 6.45) is 0.624. The molecule has 10 nitrogen and oxygen atoms in total. The molecule has 3 amide bonds. The first-order valence-electron chi connectivity index (χ1n) is 13.2. The van der Waals surface area contributed by atoms with Crippen molar-refractivity contribution >= 4 is 34.3 Å². The Bertz CT molecular complexity index is 1680. The van der Waals surface area contributed by atoms with Crippen LogP contribution < -0.4 is 15.4 Å². The molecule has 1 aromatic heterocycles. The first-order valence-corrected chi connectivity index (χ1v) is 13.2. The molecule has 0 bridgehead atoms. The summed E-state index contributed by atoms with van der Waals surface area (Å²) in [5.41, 5.74) is 0.454. The number of ether oxygens (including phenoxy) is 1. The van der Waals surface area contributed by atoms with Gasteiger partial charge in [0.25, 0.3) is 5.91 Å². The van der Waals surface area contributed by atoms with E-state index in [9.17, 15) is 24.9 Å². The highest BCUT2D eigenvalue weighted by atomic mass is 16.5. The van der Waals surface area contributed by atoms with E-state index in [1.54, 1.807) is 18.2 Å². The van der Waals surface area contributed by atoms with Gasteiger partial charge in [-0.2, -0.15) is 10.5 Å². The molecule has 10 heteroatoms. The van der Waals surface area contributed by atoms with Crippen molar-refractivity contribution in [1.82, 2.24) is 15.2 Å². The molecular weight excluding hydrogens is 508 g/mol. The Balaban J connectivity index is 1.33. The summed E-state index contributed by atoms with van der Waals surface area (Å²) in [5.74, 6) is -0.620. The summed E-state index contributed by atoms with van der Waals surface area (Å²) in [7, 11) is 1.49. The molecule has 2 fully saturated rings. The van der Waals surface area contributed by atoms with Gasteiger partial charge in [0.05, 0.1) is 35.7 Å². The number of nitrogens with zero attached hydrogens (tertiary/aromatic N) is 3. The Morgan fingerprint density at radius 2 is 1.95 bits per heavy atom. The fourth-order valence-corrected chi connectivity index (χ4v) is 6.59. The predicted molar refractivity (Wildman–Crippen MR) is 145 cm³/mol. The fourth-order valence-electron chi connectivity index (χ4n) is 6.59. The number of hydrogen-bond acceptors (Lipinski definition) is 6. The largest absolute Gasteiger partial charge is 0.496 e. The van der Waals surface area contributed by atoms with Gasteiger partial charge in [0.2, 0.25) is 11.8 Å². The number of fused-ring (bicyclic) bond motifs is 3. The number of nitriles is 2. The van der Waals surface area contributed by atoms with E-state index in [0.717, 1.165) is 5.56 Å². The lowest BCUT2D eigenvalue weighted by atomic mass is 9.80. The number of hydrogen-bond donors (Lipinski definition) is 3.